The van der Waals surface area contributed by atoms with E-state index < -0.39 is 0 Å². The first-order chi connectivity index (χ1) is 8.29. The minimum absolute atomic E-state index is 0.666. The predicted molar refractivity (Wildman–Crippen MR) is 64.8 cm³/mol. The summed E-state index contributed by atoms with van der Waals surface area (Å²) in [5.41, 5.74) is 3.10. The summed E-state index contributed by atoms with van der Waals surface area (Å²) in [6.07, 6.45) is 5.47. The fourth-order valence-corrected chi connectivity index (χ4v) is 1.51. The first-order valence-electron chi connectivity index (χ1n) is 5.53. The standard InChI is InChI=1S/C11H17N5O/c1-9-11(14-8-13-9)6-12-10-5-15-16(7-10)3-4-17-2/h5,7-8,12H,3-4,6H2,1-2H3,(H,13,14). The van der Waals surface area contributed by atoms with Crippen LogP contribution < -0.4 is 5.32 Å². The lowest BCUT2D eigenvalue weighted by atomic mass is 10.3. The largest absolute Gasteiger partial charge is 0.383 e. The third-order valence-electron chi connectivity index (χ3n) is 2.55. The summed E-state index contributed by atoms with van der Waals surface area (Å²) in [4.78, 5) is 7.27. The summed E-state index contributed by atoms with van der Waals surface area (Å²) in [5.74, 6) is 0. The number of H-pyrrole nitrogens is 1. The van der Waals surface area contributed by atoms with Gasteiger partial charge in [-0.2, -0.15) is 5.10 Å². The topological polar surface area (TPSA) is 67.8 Å². The van der Waals surface area contributed by atoms with Crippen molar-refractivity contribution in [2.24, 2.45) is 0 Å². The average Bonchev–Trinajstić information content (AvgIpc) is 2.93. The zero-order valence-electron chi connectivity index (χ0n) is 10.1. The number of anilines is 1. The van der Waals surface area contributed by atoms with Gasteiger partial charge in [-0.15, -0.1) is 0 Å². The van der Waals surface area contributed by atoms with Crippen LogP contribution in [0, 0.1) is 6.92 Å². The number of imidazole rings is 1. The lowest BCUT2D eigenvalue weighted by Crippen LogP contribution is -2.04. The lowest BCUT2D eigenvalue weighted by Gasteiger charge is -2.01. The highest BCUT2D eigenvalue weighted by atomic mass is 16.5. The molecule has 0 amide bonds. The highest BCUT2D eigenvalue weighted by Crippen LogP contribution is 2.08. The van der Waals surface area contributed by atoms with E-state index in [-0.39, 0.29) is 0 Å². The van der Waals surface area contributed by atoms with Crippen molar-refractivity contribution >= 4 is 5.69 Å². The molecule has 0 atom stereocenters. The SMILES string of the molecule is COCCn1cc(NCc2nc[nH]c2C)cn1. The van der Waals surface area contributed by atoms with Gasteiger partial charge in [-0.25, -0.2) is 4.98 Å². The third-order valence-corrected chi connectivity index (χ3v) is 2.55. The van der Waals surface area contributed by atoms with Crippen LogP contribution in [0.1, 0.15) is 11.4 Å². The van der Waals surface area contributed by atoms with E-state index in [1.54, 1.807) is 19.6 Å². The number of hydrogen-bond donors (Lipinski definition) is 2. The summed E-state index contributed by atoms with van der Waals surface area (Å²) in [5, 5.41) is 7.50. The molecule has 0 unspecified atom stereocenters. The van der Waals surface area contributed by atoms with Crippen LogP contribution in [-0.2, 0) is 17.8 Å². The van der Waals surface area contributed by atoms with Crippen LogP contribution in [0.4, 0.5) is 5.69 Å². The van der Waals surface area contributed by atoms with Crippen LogP contribution in [0.3, 0.4) is 0 Å². The van der Waals surface area contributed by atoms with E-state index >= 15 is 0 Å². The average molecular weight is 235 g/mol. The second-order valence-electron chi connectivity index (χ2n) is 3.81. The maximum Gasteiger partial charge on any atom is 0.0925 e. The van der Waals surface area contributed by atoms with E-state index in [1.807, 2.05) is 17.8 Å². The Kier molecular flexibility index (Phi) is 3.77. The second-order valence-corrected chi connectivity index (χ2v) is 3.81. The second kappa shape index (κ2) is 5.49. The van der Waals surface area contributed by atoms with E-state index in [0.29, 0.717) is 13.2 Å². The van der Waals surface area contributed by atoms with Gasteiger partial charge < -0.3 is 15.0 Å². The first-order valence-corrected chi connectivity index (χ1v) is 5.53. The van der Waals surface area contributed by atoms with Gasteiger partial charge >= 0.3 is 0 Å². The molecule has 0 radical (unpaired) electrons. The van der Waals surface area contributed by atoms with E-state index in [4.69, 9.17) is 4.74 Å². The molecule has 2 aromatic heterocycles. The number of methoxy groups -OCH3 is 1. The molecular weight excluding hydrogens is 218 g/mol. The van der Waals surface area contributed by atoms with Crippen LogP contribution in [0.2, 0.25) is 0 Å². The Hall–Kier alpha value is -1.82. The summed E-state index contributed by atoms with van der Waals surface area (Å²) in [6, 6.07) is 0. The van der Waals surface area contributed by atoms with E-state index in [0.717, 1.165) is 23.6 Å². The molecule has 0 fully saturated rings. The maximum atomic E-state index is 4.99. The lowest BCUT2D eigenvalue weighted by molar-refractivity contribution is 0.183. The van der Waals surface area contributed by atoms with Crippen molar-refractivity contribution in [3.05, 3.63) is 30.1 Å². The Morgan fingerprint density at radius 1 is 1.53 bits per heavy atom. The summed E-state index contributed by atoms with van der Waals surface area (Å²) < 4.78 is 6.84. The summed E-state index contributed by atoms with van der Waals surface area (Å²) >= 11 is 0. The monoisotopic (exact) mass is 235 g/mol. The van der Waals surface area contributed by atoms with Gasteiger partial charge in [0.2, 0.25) is 0 Å². The van der Waals surface area contributed by atoms with Crippen molar-refractivity contribution in [2.75, 3.05) is 19.0 Å². The van der Waals surface area contributed by atoms with Gasteiger partial charge in [-0.1, -0.05) is 0 Å². The molecule has 0 saturated carbocycles. The minimum atomic E-state index is 0.666. The van der Waals surface area contributed by atoms with E-state index in [1.165, 1.54) is 0 Å². The van der Waals surface area contributed by atoms with Crippen LogP contribution in [0.5, 0.6) is 0 Å². The highest BCUT2D eigenvalue weighted by molar-refractivity contribution is 5.38. The smallest absolute Gasteiger partial charge is 0.0925 e. The molecule has 17 heavy (non-hydrogen) atoms. The number of nitrogens with zero attached hydrogens (tertiary/aromatic N) is 3. The Morgan fingerprint density at radius 3 is 3.12 bits per heavy atom. The molecule has 0 aromatic carbocycles. The molecule has 0 aliphatic carbocycles. The van der Waals surface area contributed by atoms with Crippen molar-refractivity contribution < 1.29 is 4.74 Å². The Morgan fingerprint density at radius 2 is 2.41 bits per heavy atom. The van der Waals surface area contributed by atoms with Crippen LogP contribution in [-0.4, -0.2) is 33.5 Å². The molecule has 0 aliphatic rings. The van der Waals surface area contributed by atoms with Gasteiger partial charge in [0.05, 0.1) is 43.6 Å². The number of hydrogen-bond acceptors (Lipinski definition) is 4. The number of rotatable bonds is 6. The molecular formula is C11H17N5O. The molecule has 6 nitrogen and oxygen atoms in total. The van der Waals surface area contributed by atoms with Crippen molar-refractivity contribution in [3.8, 4) is 0 Å². The molecule has 0 spiro atoms. The Bertz CT molecular complexity index is 462. The van der Waals surface area contributed by atoms with Crippen LogP contribution in [0.15, 0.2) is 18.7 Å². The Labute approximate surface area is 100 Å². The number of ether oxygens (including phenoxy) is 1. The van der Waals surface area contributed by atoms with Gasteiger partial charge in [0.25, 0.3) is 0 Å². The molecule has 0 aliphatic heterocycles. The van der Waals surface area contributed by atoms with Crippen LogP contribution >= 0.6 is 0 Å². The van der Waals surface area contributed by atoms with Crippen molar-refractivity contribution in [1.29, 1.82) is 0 Å². The van der Waals surface area contributed by atoms with Gasteiger partial charge in [-0.3, -0.25) is 4.68 Å². The number of aromatic amines is 1. The zero-order chi connectivity index (χ0) is 12.1. The zero-order valence-corrected chi connectivity index (χ0v) is 10.1. The van der Waals surface area contributed by atoms with Crippen molar-refractivity contribution in [3.63, 3.8) is 0 Å². The van der Waals surface area contributed by atoms with E-state index in [2.05, 4.69) is 20.4 Å². The molecule has 6 heteroatoms. The first kappa shape index (κ1) is 11.7. The molecule has 0 saturated heterocycles. The van der Waals surface area contributed by atoms with Crippen LogP contribution in [0.25, 0.3) is 0 Å². The fourth-order valence-electron chi connectivity index (χ4n) is 1.51. The highest BCUT2D eigenvalue weighted by Gasteiger charge is 2.02. The van der Waals surface area contributed by atoms with Crippen molar-refractivity contribution in [2.45, 2.75) is 20.0 Å². The number of aromatic nitrogens is 4. The van der Waals surface area contributed by atoms with E-state index in [9.17, 15) is 0 Å². The molecule has 2 aromatic rings. The molecule has 92 valence electrons. The maximum absolute atomic E-state index is 4.99. The predicted octanol–water partition coefficient (Wildman–Crippen LogP) is 1.17. The quantitative estimate of drug-likeness (QED) is 0.788. The number of nitrogens with one attached hydrogen (secondary N) is 2. The van der Waals surface area contributed by atoms with Crippen molar-refractivity contribution in [1.82, 2.24) is 19.7 Å². The molecule has 2 N–H and O–H groups in total. The van der Waals surface area contributed by atoms with Gasteiger partial charge in [0.1, 0.15) is 0 Å². The minimum Gasteiger partial charge on any atom is -0.383 e. The summed E-state index contributed by atoms with van der Waals surface area (Å²) in [7, 11) is 1.68. The third kappa shape index (κ3) is 3.07. The van der Waals surface area contributed by atoms with Gasteiger partial charge in [0.15, 0.2) is 0 Å². The summed E-state index contributed by atoms with van der Waals surface area (Å²) in [6.45, 7) is 4.14. The van der Waals surface area contributed by atoms with Gasteiger partial charge in [-0.05, 0) is 6.92 Å². The molecule has 2 rings (SSSR count). The molecule has 2 heterocycles. The molecule has 0 bridgehead atoms. The fraction of sp³-hybridized carbons (Fsp3) is 0.455. The number of aryl methyl sites for hydroxylation is 1. The van der Waals surface area contributed by atoms with Gasteiger partial charge in [0, 0.05) is 19.0 Å². The Balaban J connectivity index is 1.87. The normalized spacial score (nSPS) is 10.7.